The van der Waals surface area contributed by atoms with Gasteiger partial charge in [0.1, 0.15) is 18.1 Å². The molecule has 0 aliphatic rings. The second-order valence-electron chi connectivity index (χ2n) is 9.30. The van der Waals surface area contributed by atoms with E-state index in [4.69, 9.17) is 17.2 Å². The number of hydrogen-bond acceptors (Lipinski definition) is 8. The van der Waals surface area contributed by atoms with Crippen molar-refractivity contribution >= 4 is 52.4 Å². The molecule has 0 aliphatic heterocycles. The first kappa shape index (κ1) is 32.2. The van der Waals surface area contributed by atoms with E-state index in [2.05, 4.69) is 20.9 Å². The molecule has 1 aromatic heterocycles. The van der Waals surface area contributed by atoms with E-state index in [9.17, 15) is 43.8 Å². The van der Waals surface area contributed by atoms with Gasteiger partial charge in [-0.15, -0.1) is 0 Å². The average Bonchev–Trinajstić information content (AvgIpc) is 3.30. The van der Waals surface area contributed by atoms with Crippen molar-refractivity contribution in [2.24, 2.45) is 17.2 Å². The van der Waals surface area contributed by atoms with Crippen LogP contribution in [0.3, 0.4) is 0 Å². The molecule has 0 aliphatic carbocycles. The maximum atomic E-state index is 13.0. The van der Waals surface area contributed by atoms with Gasteiger partial charge in [0.2, 0.25) is 29.5 Å². The summed E-state index contributed by atoms with van der Waals surface area (Å²) in [5.41, 5.74) is 17.2. The third kappa shape index (κ3) is 10.2. The van der Waals surface area contributed by atoms with Crippen LogP contribution >= 0.6 is 0 Å². The van der Waals surface area contributed by atoms with Crippen molar-refractivity contribution in [2.45, 2.75) is 62.7 Å². The number of aliphatic carboxylic acids is 2. The lowest BCUT2D eigenvalue weighted by Gasteiger charge is -2.24. The molecule has 4 atom stereocenters. The summed E-state index contributed by atoms with van der Waals surface area (Å²) in [6.45, 7) is 0. The Morgan fingerprint density at radius 1 is 0.780 bits per heavy atom. The number of nitrogens with two attached hydrogens (primary N) is 3. The van der Waals surface area contributed by atoms with Crippen molar-refractivity contribution in [3.63, 3.8) is 0 Å². The minimum atomic E-state index is -1.75. The Hall–Kier alpha value is -4.99. The number of amides is 5. The molecule has 16 heteroatoms. The van der Waals surface area contributed by atoms with E-state index in [0.717, 1.165) is 10.9 Å². The highest BCUT2D eigenvalue weighted by Gasteiger charge is 2.32. The summed E-state index contributed by atoms with van der Waals surface area (Å²) in [6, 6.07) is 1.13. The molecule has 0 saturated carbocycles. The van der Waals surface area contributed by atoms with E-state index in [1.165, 1.54) is 0 Å². The Labute approximate surface area is 233 Å². The molecule has 0 fully saturated rings. The zero-order valence-electron chi connectivity index (χ0n) is 21.9. The van der Waals surface area contributed by atoms with E-state index >= 15 is 0 Å². The fourth-order valence-electron chi connectivity index (χ4n) is 3.91. The molecule has 41 heavy (non-hydrogen) atoms. The molecule has 2 aromatic rings. The predicted molar refractivity (Wildman–Crippen MR) is 143 cm³/mol. The van der Waals surface area contributed by atoms with Crippen LogP contribution in [0.5, 0.6) is 0 Å². The maximum absolute atomic E-state index is 13.0. The number of H-pyrrole nitrogens is 1. The van der Waals surface area contributed by atoms with Crippen LogP contribution in [0.15, 0.2) is 30.5 Å². The maximum Gasteiger partial charge on any atom is 0.326 e. The van der Waals surface area contributed by atoms with Crippen molar-refractivity contribution in [1.82, 2.24) is 20.9 Å². The molecule has 16 nitrogen and oxygen atoms in total. The Morgan fingerprint density at radius 2 is 1.34 bits per heavy atom. The highest BCUT2D eigenvalue weighted by Crippen LogP contribution is 2.19. The summed E-state index contributed by atoms with van der Waals surface area (Å²) < 4.78 is 0. The van der Waals surface area contributed by atoms with E-state index in [-0.39, 0.29) is 32.1 Å². The quantitative estimate of drug-likeness (QED) is 0.0961. The molecular weight excluding hydrogens is 542 g/mol. The number of nitrogens with one attached hydrogen (secondary N) is 4. The van der Waals surface area contributed by atoms with Gasteiger partial charge in [0.05, 0.1) is 12.5 Å². The first-order chi connectivity index (χ1) is 19.3. The third-order valence-corrected chi connectivity index (χ3v) is 6.08. The van der Waals surface area contributed by atoms with E-state index in [1.807, 2.05) is 0 Å². The molecule has 1 aromatic carbocycles. The standard InChI is InChI=1S/C25H33N7O9/c26-14(5-7-19(27)33)22(37)30-16(6-8-20(28)34)23(38)31-17(10-21(35)36)24(39)32-18(25(40)41)9-12-11-29-15-4-2-1-3-13(12)15/h1-4,11,14,16-18,29H,5-10,26H2,(H2,27,33)(H2,28,34)(H,30,37)(H,31,38)(H,32,39)(H,35,36)(H,40,41). The normalized spacial score (nSPS) is 13.8. The topological polar surface area (TPSA) is 290 Å². The first-order valence-electron chi connectivity index (χ1n) is 12.5. The Balaban J connectivity index is 2.18. The number of benzene rings is 1. The van der Waals surface area contributed by atoms with Crippen LogP contribution in [0.4, 0.5) is 0 Å². The molecule has 5 amide bonds. The molecular formula is C25H33N7O9. The summed E-state index contributed by atoms with van der Waals surface area (Å²) in [7, 11) is 0. The molecule has 0 spiro atoms. The minimum absolute atomic E-state index is 0.137. The molecule has 0 bridgehead atoms. The number of primary amides is 2. The number of carbonyl (C=O) groups excluding carboxylic acids is 5. The zero-order valence-corrected chi connectivity index (χ0v) is 21.9. The molecule has 4 unspecified atom stereocenters. The van der Waals surface area contributed by atoms with Gasteiger partial charge in [-0.3, -0.25) is 28.8 Å². The monoisotopic (exact) mass is 575 g/mol. The zero-order chi connectivity index (χ0) is 30.7. The summed E-state index contributed by atoms with van der Waals surface area (Å²) in [6.07, 6.45) is -0.529. The van der Waals surface area contributed by atoms with Crippen molar-refractivity contribution in [1.29, 1.82) is 0 Å². The van der Waals surface area contributed by atoms with Crippen LogP contribution in [0.2, 0.25) is 0 Å². The summed E-state index contributed by atoms with van der Waals surface area (Å²) >= 11 is 0. The van der Waals surface area contributed by atoms with Gasteiger partial charge in [0.25, 0.3) is 0 Å². The van der Waals surface area contributed by atoms with E-state index in [0.29, 0.717) is 5.56 Å². The van der Waals surface area contributed by atoms with Crippen LogP contribution in [0.1, 0.15) is 37.7 Å². The van der Waals surface area contributed by atoms with Gasteiger partial charge >= 0.3 is 11.9 Å². The SMILES string of the molecule is NC(=O)CCC(N)C(=O)NC(CCC(N)=O)C(=O)NC(CC(=O)O)C(=O)NC(Cc1c[nH]c2ccccc12)C(=O)O. The van der Waals surface area contributed by atoms with Gasteiger partial charge in [-0.1, -0.05) is 18.2 Å². The van der Waals surface area contributed by atoms with Gasteiger partial charge in [0.15, 0.2) is 0 Å². The summed E-state index contributed by atoms with van der Waals surface area (Å²) in [5.74, 6) is -7.43. The van der Waals surface area contributed by atoms with Crippen molar-refractivity contribution < 1.29 is 43.8 Å². The van der Waals surface area contributed by atoms with Crippen molar-refractivity contribution in [2.75, 3.05) is 0 Å². The van der Waals surface area contributed by atoms with Gasteiger partial charge in [0, 0.05) is 36.4 Å². The largest absolute Gasteiger partial charge is 0.481 e. The first-order valence-corrected chi connectivity index (χ1v) is 12.5. The number of fused-ring (bicyclic) bond motifs is 1. The smallest absolute Gasteiger partial charge is 0.326 e. The molecule has 2 rings (SSSR count). The number of aromatic amines is 1. The number of carboxylic acid groups (broad SMARTS) is 2. The Kier molecular flexibility index (Phi) is 11.8. The van der Waals surface area contributed by atoms with Crippen molar-refractivity contribution in [3.8, 4) is 0 Å². The number of carbonyl (C=O) groups is 7. The number of aromatic nitrogens is 1. The fourth-order valence-corrected chi connectivity index (χ4v) is 3.91. The van der Waals surface area contributed by atoms with Gasteiger partial charge in [-0.25, -0.2) is 4.79 Å². The Bertz CT molecular complexity index is 1310. The number of rotatable bonds is 17. The van der Waals surface area contributed by atoms with E-state index in [1.54, 1.807) is 30.5 Å². The molecule has 222 valence electrons. The number of para-hydroxylation sites is 1. The molecule has 0 radical (unpaired) electrons. The Morgan fingerprint density at radius 3 is 1.95 bits per heavy atom. The second-order valence-corrected chi connectivity index (χ2v) is 9.30. The minimum Gasteiger partial charge on any atom is -0.481 e. The van der Waals surface area contributed by atoms with Gasteiger partial charge in [-0.2, -0.15) is 0 Å². The van der Waals surface area contributed by atoms with Crippen LogP contribution in [-0.2, 0) is 40.0 Å². The molecule has 0 saturated heterocycles. The molecule has 12 N–H and O–H groups in total. The average molecular weight is 576 g/mol. The van der Waals surface area contributed by atoms with Crippen LogP contribution in [-0.4, -0.2) is 80.8 Å². The fraction of sp³-hybridized carbons (Fsp3) is 0.400. The second kappa shape index (κ2) is 15.0. The highest BCUT2D eigenvalue weighted by atomic mass is 16.4. The van der Waals surface area contributed by atoms with E-state index < -0.39 is 72.1 Å². The van der Waals surface area contributed by atoms with Crippen LogP contribution in [0, 0.1) is 0 Å². The highest BCUT2D eigenvalue weighted by molar-refractivity contribution is 5.96. The van der Waals surface area contributed by atoms with Gasteiger partial charge < -0.3 is 48.3 Å². The number of carboxylic acids is 2. The summed E-state index contributed by atoms with van der Waals surface area (Å²) in [4.78, 5) is 87.1. The lowest BCUT2D eigenvalue weighted by Crippen LogP contribution is -2.57. The van der Waals surface area contributed by atoms with Crippen molar-refractivity contribution in [3.05, 3.63) is 36.0 Å². The van der Waals surface area contributed by atoms with Gasteiger partial charge in [-0.05, 0) is 24.5 Å². The van der Waals surface area contributed by atoms with Crippen LogP contribution < -0.4 is 33.2 Å². The summed E-state index contributed by atoms with van der Waals surface area (Å²) in [5, 5.41) is 26.5. The predicted octanol–water partition coefficient (Wildman–Crippen LogP) is -2.42. The lowest BCUT2D eigenvalue weighted by atomic mass is 10.0. The third-order valence-electron chi connectivity index (χ3n) is 6.08. The van der Waals surface area contributed by atoms with Crippen LogP contribution in [0.25, 0.3) is 10.9 Å². The molecule has 1 heterocycles. The lowest BCUT2D eigenvalue weighted by molar-refractivity contribution is -0.143. The number of hydrogen-bond donors (Lipinski definition) is 9.